The molecule has 1 aromatic heterocycles. The van der Waals surface area contributed by atoms with Crippen LogP contribution in [-0.2, 0) is 12.6 Å². The van der Waals surface area contributed by atoms with E-state index in [-0.39, 0.29) is 6.04 Å². The fourth-order valence-corrected chi connectivity index (χ4v) is 2.87. The van der Waals surface area contributed by atoms with E-state index in [1.165, 1.54) is 12.1 Å². The molecule has 1 N–H and O–H groups in total. The van der Waals surface area contributed by atoms with Crippen LogP contribution in [0.15, 0.2) is 41.8 Å². The van der Waals surface area contributed by atoms with Gasteiger partial charge in [0.1, 0.15) is 0 Å². The molecule has 0 aliphatic heterocycles. The number of nitrogens with one attached hydrogen (secondary N) is 1. The van der Waals surface area contributed by atoms with Crippen LogP contribution in [0.4, 0.5) is 13.2 Å². The van der Waals surface area contributed by atoms with Gasteiger partial charge in [-0.25, -0.2) is 0 Å². The molecule has 5 heteroatoms. The second-order valence-electron chi connectivity index (χ2n) is 4.52. The molecule has 20 heavy (non-hydrogen) atoms. The van der Waals surface area contributed by atoms with Crippen LogP contribution in [0.2, 0.25) is 0 Å². The minimum Gasteiger partial charge on any atom is -0.310 e. The fraction of sp³-hybridized carbons (Fsp3) is 0.333. The maximum atomic E-state index is 12.8. The predicted octanol–water partition coefficient (Wildman–Crippen LogP) is 4.66. The van der Waals surface area contributed by atoms with E-state index in [0.29, 0.717) is 18.5 Å². The Balaban J connectivity index is 2.25. The third-order valence-electron chi connectivity index (χ3n) is 3.05. The topological polar surface area (TPSA) is 12.0 Å². The summed E-state index contributed by atoms with van der Waals surface area (Å²) in [6, 6.07) is 9.42. The van der Waals surface area contributed by atoms with Crippen LogP contribution in [0.25, 0.3) is 0 Å². The Morgan fingerprint density at radius 3 is 2.60 bits per heavy atom. The fourth-order valence-electron chi connectivity index (χ4n) is 2.12. The molecule has 0 spiro atoms. The highest BCUT2D eigenvalue weighted by Gasteiger charge is 2.30. The van der Waals surface area contributed by atoms with Crippen LogP contribution in [0.5, 0.6) is 0 Å². The van der Waals surface area contributed by atoms with Gasteiger partial charge in [0, 0.05) is 17.3 Å². The first-order valence-electron chi connectivity index (χ1n) is 6.43. The minimum absolute atomic E-state index is 0.0963. The maximum Gasteiger partial charge on any atom is 0.416 e. The van der Waals surface area contributed by atoms with Crippen molar-refractivity contribution in [1.82, 2.24) is 5.32 Å². The lowest BCUT2D eigenvalue weighted by Gasteiger charge is -2.19. The summed E-state index contributed by atoms with van der Waals surface area (Å²) in [4.78, 5) is 1.16. The van der Waals surface area contributed by atoms with Gasteiger partial charge in [-0.15, -0.1) is 11.3 Å². The lowest BCUT2D eigenvalue weighted by atomic mass is 10.0. The molecule has 0 bridgehead atoms. The van der Waals surface area contributed by atoms with Crippen LogP contribution < -0.4 is 5.32 Å². The van der Waals surface area contributed by atoms with Crippen molar-refractivity contribution in [2.45, 2.75) is 25.6 Å². The molecule has 0 saturated heterocycles. The molecule has 0 fully saturated rings. The van der Waals surface area contributed by atoms with Crippen LogP contribution in [0.3, 0.4) is 0 Å². The lowest BCUT2D eigenvalue weighted by molar-refractivity contribution is -0.137. The lowest BCUT2D eigenvalue weighted by Crippen LogP contribution is -2.23. The third-order valence-corrected chi connectivity index (χ3v) is 3.95. The summed E-state index contributed by atoms with van der Waals surface area (Å²) in [7, 11) is 0. The van der Waals surface area contributed by atoms with Crippen LogP contribution in [0.1, 0.15) is 29.0 Å². The number of likely N-dealkylation sites (N-methyl/N-ethyl adjacent to an activating group) is 1. The van der Waals surface area contributed by atoms with E-state index in [0.717, 1.165) is 10.9 Å². The standard InChI is InChI=1S/C15H16F3NS/c1-2-19-14(10-13-7-4-8-20-13)11-5-3-6-12(9-11)15(16,17)18/h3-9,14,19H,2,10H2,1H3. The SMILES string of the molecule is CCNC(Cc1cccs1)c1cccc(C(F)(F)F)c1. The molecule has 0 radical (unpaired) electrons. The number of alkyl halides is 3. The van der Waals surface area contributed by atoms with Crippen LogP contribution in [-0.4, -0.2) is 6.54 Å². The third kappa shape index (κ3) is 3.84. The van der Waals surface area contributed by atoms with Crippen molar-refractivity contribution in [2.24, 2.45) is 0 Å². The van der Waals surface area contributed by atoms with Gasteiger partial charge in [0.05, 0.1) is 5.56 Å². The van der Waals surface area contributed by atoms with Gasteiger partial charge in [-0.1, -0.05) is 25.1 Å². The molecule has 1 aromatic carbocycles. The molecule has 108 valence electrons. The molecular formula is C15H16F3NS. The summed E-state index contributed by atoms with van der Waals surface area (Å²) in [5, 5.41) is 5.23. The van der Waals surface area contributed by atoms with Gasteiger partial charge in [-0.2, -0.15) is 13.2 Å². The molecule has 1 nitrogen and oxygen atoms in total. The van der Waals surface area contributed by atoms with E-state index in [1.54, 1.807) is 17.4 Å². The van der Waals surface area contributed by atoms with E-state index in [9.17, 15) is 13.2 Å². The Kier molecular flexibility index (Phi) is 4.83. The second kappa shape index (κ2) is 6.41. The van der Waals surface area contributed by atoms with Crippen LogP contribution >= 0.6 is 11.3 Å². The summed E-state index contributed by atoms with van der Waals surface area (Å²) in [5.41, 5.74) is 0.0826. The Bertz CT molecular complexity index is 534. The quantitative estimate of drug-likeness (QED) is 0.846. The first-order chi connectivity index (χ1) is 9.50. The monoisotopic (exact) mass is 299 g/mol. The molecule has 1 heterocycles. The van der Waals surface area contributed by atoms with E-state index in [4.69, 9.17) is 0 Å². The molecule has 0 aliphatic rings. The molecule has 2 rings (SSSR count). The van der Waals surface area contributed by atoms with Gasteiger partial charge in [-0.05, 0) is 35.7 Å². The highest BCUT2D eigenvalue weighted by molar-refractivity contribution is 7.09. The Morgan fingerprint density at radius 1 is 1.20 bits per heavy atom. The van der Waals surface area contributed by atoms with E-state index < -0.39 is 11.7 Å². The van der Waals surface area contributed by atoms with Gasteiger partial charge in [0.2, 0.25) is 0 Å². The van der Waals surface area contributed by atoms with Gasteiger partial charge in [-0.3, -0.25) is 0 Å². The number of thiophene rings is 1. The minimum atomic E-state index is -4.30. The zero-order valence-electron chi connectivity index (χ0n) is 11.1. The zero-order chi connectivity index (χ0) is 14.6. The summed E-state index contributed by atoms with van der Waals surface area (Å²) in [6.07, 6.45) is -3.59. The maximum absolute atomic E-state index is 12.8. The van der Waals surface area contributed by atoms with Gasteiger partial charge in [0.15, 0.2) is 0 Å². The van der Waals surface area contributed by atoms with E-state index >= 15 is 0 Å². The first kappa shape index (κ1) is 15.1. The number of hydrogen-bond acceptors (Lipinski definition) is 2. The Labute approximate surface area is 120 Å². The highest BCUT2D eigenvalue weighted by Crippen LogP contribution is 2.31. The summed E-state index contributed by atoms with van der Waals surface area (Å²) in [6.45, 7) is 2.67. The summed E-state index contributed by atoms with van der Waals surface area (Å²) < 4.78 is 38.3. The Hall–Kier alpha value is -1.33. The predicted molar refractivity (Wildman–Crippen MR) is 75.9 cm³/mol. The summed E-state index contributed by atoms with van der Waals surface area (Å²) >= 11 is 1.62. The highest BCUT2D eigenvalue weighted by atomic mass is 32.1. The number of halogens is 3. The van der Waals surface area contributed by atoms with Crippen molar-refractivity contribution in [1.29, 1.82) is 0 Å². The van der Waals surface area contributed by atoms with Gasteiger partial charge < -0.3 is 5.32 Å². The largest absolute Gasteiger partial charge is 0.416 e. The number of hydrogen-bond donors (Lipinski definition) is 1. The molecular weight excluding hydrogens is 283 g/mol. The van der Waals surface area contributed by atoms with Crippen molar-refractivity contribution >= 4 is 11.3 Å². The molecule has 0 saturated carbocycles. The van der Waals surface area contributed by atoms with Crippen molar-refractivity contribution in [3.63, 3.8) is 0 Å². The average Bonchev–Trinajstić information content (AvgIpc) is 2.90. The van der Waals surface area contributed by atoms with E-state index in [2.05, 4.69) is 5.32 Å². The Morgan fingerprint density at radius 2 is 2.00 bits per heavy atom. The molecule has 0 aliphatic carbocycles. The summed E-state index contributed by atoms with van der Waals surface area (Å²) in [5.74, 6) is 0. The van der Waals surface area contributed by atoms with Crippen molar-refractivity contribution in [3.05, 3.63) is 57.8 Å². The van der Waals surface area contributed by atoms with Crippen LogP contribution in [0, 0.1) is 0 Å². The average molecular weight is 299 g/mol. The normalized spacial score (nSPS) is 13.4. The zero-order valence-corrected chi connectivity index (χ0v) is 11.9. The van der Waals surface area contributed by atoms with E-state index in [1.807, 2.05) is 24.4 Å². The van der Waals surface area contributed by atoms with Crippen molar-refractivity contribution in [3.8, 4) is 0 Å². The smallest absolute Gasteiger partial charge is 0.310 e. The molecule has 1 unspecified atom stereocenters. The van der Waals surface area contributed by atoms with Gasteiger partial charge >= 0.3 is 6.18 Å². The molecule has 2 aromatic rings. The van der Waals surface area contributed by atoms with Gasteiger partial charge in [0.25, 0.3) is 0 Å². The van der Waals surface area contributed by atoms with Crippen molar-refractivity contribution in [2.75, 3.05) is 6.54 Å². The first-order valence-corrected chi connectivity index (χ1v) is 7.31. The second-order valence-corrected chi connectivity index (χ2v) is 5.55. The molecule has 1 atom stereocenters. The number of rotatable bonds is 5. The molecule has 0 amide bonds. The van der Waals surface area contributed by atoms with Crippen molar-refractivity contribution < 1.29 is 13.2 Å². The number of benzene rings is 1.